The van der Waals surface area contributed by atoms with Crippen LogP contribution in [0.15, 0.2) is 0 Å². The Balaban J connectivity index is 2.23. The summed E-state index contributed by atoms with van der Waals surface area (Å²) in [6.07, 6.45) is 2.43. The van der Waals surface area contributed by atoms with Crippen molar-refractivity contribution in [1.82, 2.24) is 20.2 Å². The molecule has 1 aliphatic rings. The number of nitrogens with zero attached hydrogens (tertiary/aromatic N) is 4. The van der Waals surface area contributed by atoms with Crippen molar-refractivity contribution in [3.63, 3.8) is 0 Å². The van der Waals surface area contributed by atoms with Gasteiger partial charge in [-0.15, -0.1) is 5.10 Å². The first kappa shape index (κ1) is 9.58. The Morgan fingerprint density at radius 3 is 2.79 bits per heavy atom. The van der Waals surface area contributed by atoms with Crippen LogP contribution in [0.1, 0.15) is 38.6 Å². The molecule has 2 rings (SSSR count). The van der Waals surface area contributed by atoms with Gasteiger partial charge < -0.3 is 5.73 Å². The van der Waals surface area contributed by atoms with Crippen molar-refractivity contribution in [2.45, 2.75) is 39.3 Å². The Morgan fingerprint density at radius 1 is 1.43 bits per heavy atom. The van der Waals surface area contributed by atoms with E-state index in [1.54, 1.807) is 0 Å². The first-order chi connectivity index (χ1) is 6.74. The maximum Gasteiger partial charge on any atom is 0.165 e. The van der Waals surface area contributed by atoms with E-state index in [1.165, 1.54) is 12.8 Å². The Bertz CT molecular complexity index is 308. The third-order valence-corrected chi connectivity index (χ3v) is 3.48. The molecule has 0 saturated heterocycles. The second-order valence-electron chi connectivity index (χ2n) is 4.22. The summed E-state index contributed by atoms with van der Waals surface area (Å²) in [4.78, 5) is 0. The lowest BCUT2D eigenvalue weighted by molar-refractivity contribution is 0.319. The maximum absolute atomic E-state index is 5.58. The molecule has 1 aromatic rings. The summed E-state index contributed by atoms with van der Waals surface area (Å²) in [5.74, 6) is 2.20. The van der Waals surface area contributed by atoms with Gasteiger partial charge in [0.2, 0.25) is 0 Å². The van der Waals surface area contributed by atoms with Crippen LogP contribution in [0.25, 0.3) is 0 Å². The van der Waals surface area contributed by atoms with Crippen molar-refractivity contribution in [2.24, 2.45) is 17.6 Å². The molecule has 1 fully saturated rings. The van der Waals surface area contributed by atoms with Crippen LogP contribution >= 0.6 is 0 Å². The van der Waals surface area contributed by atoms with Gasteiger partial charge in [0.25, 0.3) is 0 Å². The van der Waals surface area contributed by atoms with Gasteiger partial charge in [-0.25, -0.2) is 4.68 Å². The normalized spacial score (nSPS) is 32.4. The zero-order valence-electron chi connectivity index (χ0n) is 8.72. The minimum atomic E-state index is 0.421. The average molecular weight is 195 g/mol. The van der Waals surface area contributed by atoms with Gasteiger partial charge in [-0.1, -0.05) is 13.8 Å². The van der Waals surface area contributed by atoms with Crippen molar-refractivity contribution >= 4 is 0 Å². The summed E-state index contributed by atoms with van der Waals surface area (Å²) < 4.78 is 1.91. The van der Waals surface area contributed by atoms with E-state index >= 15 is 0 Å². The predicted octanol–water partition coefficient (Wildman–Crippen LogP) is 0.739. The maximum atomic E-state index is 5.58. The molecular weight excluding hydrogens is 178 g/mol. The van der Waals surface area contributed by atoms with Crippen LogP contribution in [-0.4, -0.2) is 20.2 Å². The number of hydrogen-bond acceptors (Lipinski definition) is 4. The van der Waals surface area contributed by atoms with Gasteiger partial charge in [0, 0.05) is 0 Å². The van der Waals surface area contributed by atoms with Crippen LogP contribution in [0.5, 0.6) is 0 Å². The molecule has 0 spiro atoms. The SMILES string of the molecule is CC1CCC(n2nnnc2CN)C1C. The molecule has 0 bridgehead atoms. The first-order valence-electron chi connectivity index (χ1n) is 5.21. The van der Waals surface area contributed by atoms with Crippen molar-refractivity contribution in [2.75, 3.05) is 0 Å². The fourth-order valence-corrected chi connectivity index (χ4v) is 2.29. The number of aromatic nitrogens is 4. The highest BCUT2D eigenvalue weighted by Crippen LogP contribution is 2.39. The minimum absolute atomic E-state index is 0.421. The van der Waals surface area contributed by atoms with E-state index in [2.05, 4.69) is 29.4 Å². The van der Waals surface area contributed by atoms with Gasteiger partial charge in [0.15, 0.2) is 5.82 Å². The van der Waals surface area contributed by atoms with Gasteiger partial charge >= 0.3 is 0 Å². The number of rotatable bonds is 2. The van der Waals surface area contributed by atoms with Crippen LogP contribution in [0.3, 0.4) is 0 Å². The molecule has 1 saturated carbocycles. The van der Waals surface area contributed by atoms with E-state index < -0.39 is 0 Å². The first-order valence-corrected chi connectivity index (χ1v) is 5.21. The molecule has 3 atom stereocenters. The predicted molar refractivity (Wildman–Crippen MR) is 52.3 cm³/mol. The molecule has 0 radical (unpaired) electrons. The molecule has 3 unspecified atom stereocenters. The largest absolute Gasteiger partial charge is 0.324 e. The summed E-state index contributed by atoms with van der Waals surface area (Å²) in [6.45, 7) is 4.98. The monoisotopic (exact) mass is 195 g/mol. The zero-order chi connectivity index (χ0) is 10.1. The van der Waals surface area contributed by atoms with Crippen LogP contribution in [0.2, 0.25) is 0 Å². The summed E-state index contributed by atoms with van der Waals surface area (Å²) >= 11 is 0. The van der Waals surface area contributed by atoms with Gasteiger partial charge in [-0.05, 0) is 35.1 Å². The number of tetrazole rings is 1. The van der Waals surface area contributed by atoms with E-state index in [0.717, 1.165) is 11.7 Å². The molecular formula is C9H17N5. The third kappa shape index (κ3) is 1.41. The third-order valence-electron chi connectivity index (χ3n) is 3.48. The average Bonchev–Trinajstić information content (AvgIpc) is 2.75. The molecule has 78 valence electrons. The molecule has 0 aromatic carbocycles. The zero-order valence-corrected chi connectivity index (χ0v) is 8.72. The van der Waals surface area contributed by atoms with Crippen molar-refractivity contribution in [3.05, 3.63) is 5.82 Å². The van der Waals surface area contributed by atoms with Crippen LogP contribution in [0, 0.1) is 11.8 Å². The van der Waals surface area contributed by atoms with Gasteiger partial charge in [0.1, 0.15) is 0 Å². The van der Waals surface area contributed by atoms with Gasteiger partial charge in [0.05, 0.1) is 12.6 Å². The van der Waals surface area contributed by atoms with E-state index in [0.29, 0.717) is 18.5 Å². The van der Waals surface area contributed by atoms with E-state index in [1.807, 2.05) is 4.68 Å². The van der Waals surface area contributed by atoms with Crippen molar-refractivity contribution in [1.29, 1.82) is 0 Å². The molecule has 0 aliphatic heterocycles. The summed E-state index contributed by atoms with van der Waals surface area (Å²) in [5, 5.41) is 11.6. The highest BCUT2D eigenvalue weighted by Gasteiger charge is 2.32. The lowest BCUT2D eigenvalue weighted by atomic mass is 9.98. The highest BCUT2D eigenvalue weighted by molar-refractivity contribution is 4.89. The van der Waals surface area contributed by atoms with E-state index in [-0.39, 0.29) is 0 Å². The molecule has 2 N–H and O–H groups in total. The Hall–Kier alpha value is -0.970. The fraction of sp³-hybridized carbons (Fsp3) is 0.889. The second-order valence-corrected chi connectivity index (χ2v) is 4.22. The van der Waals surface area contributed by atoms with Crippen LogP contribution in [-0.2, 0) is 6.54 Å². The number of nitrogens with two attached hydrogens (primary N) is 1. The minimum Gasteiger partial charge on any atom is -0.324 e. The highest BCUT2D eigenvalue weighted by atomic mass is 15.6. The summed E-state index contributed by atoms with van der Waals surface area (Å²) in [6, 6.07) is 0.443. The fourth-order valence-electron chi connectivity index (χ4n) is 2.29. The van der Waals surface area contributed by atoms with Crippen LogP contribution in [0.4, 0.5) is 0 Å². The second kappa shape index (κ2) is 3.65. The Morgan fingerprint density at radius 2 is 2.21 bits per heavy atom. The molecule has 5 heteroatoms. The van der Waals surface area contributed by atoms with Crippen molar-refractivity contribution < 1.29 is 0 Å². The molecule has 14 heavy (non-hydrogen) atoms. The quantitative estimate of drug-likeness (QED) is 0.755. The van der Waals surface area contributed by atoms with Crippen molar-refractivity contribution in [3.8, 4) is 0 Å². The Kier molecular flexibility index (Phi) is 2.50. The lowest BCUT2D eigenvalue weighted by Crippen LogP contribution is -2.19. The molecule has 1 aliphatic carbocycles. The summed E-state index contributed by atoms with van der Waals surface area (Å²) in [7, 11) is 0. The molecule has 5 nitrogen and oxygen atoms in total. The molecule has 0 amide bonds. The standard InChI is InChI=1S/C9H17N5/c1-6-3-4-8(7(6)2)14-9(5-10)11-12-13-14/h6-8H,3-5,10H2,1-2H3. The van der Waals surface area contributed by atoms with Crippen LogP contribution < -0.4 is 5.73 Å². The van der Waals surface area contributed by atoms with E-state index in [4.69, 9.17) is 5.73 Å². The number of hydrogen-bond donors (Lipinski definition) is 1. The molecule has 1 aromatic heterocycles. The van der Waals surface area contributed by atoms with Gasteiger partial charge in [-0.3, -0.25) is 0 Å². The lowest BCUT2D eigenvalue weighted by Gasteiger charge is -2.18. The molecule has 1 heterocycles. The topological polar surface area (TPSA) is 69.6 Å². The Labute approximate surface area is 83.7 Å². The van der Waals surface area contributed by atoms with E-state index in [9.17, 15) is 0 Å². The summed E-state index contributed by atoms with van der Waals surface area (Å²) in [5.41, 5.74) is 5.58. The smallest absolute Gasteiger partial charge is 0.165 e. The van der Waals surface area contributed by atoms with Gasteiger partial charge in [-0.2, -0.15) is 0 Å².